The Morgan fingerprint density at radius 2 is 2.05 bits per heavy atom. The minimum Gasteiger partial charge on any atom is -0.503 e. The molecule has 3 rings (SSSR count). The molecule has 0 unspecified atom stereocenters. The Balaban J connectivity index is 1.81. The van der Waals surface area contributed by atoms with Crippen molar-refractivity contribution in [3.63, 3.8) is 0 Å². The fraction of sp³-hybridized carbons (Fsp3) is 0.267. The van der Waals surface area contributed by atoms with Gasteiger partial charge in [0.15, 0.2) is 5.75 Å². The van der Waals surface area contributed by atoms with E-state index in [1.807, 2.05) is 10.6 Å². The number of fused-ring (bicyclic) bond motifs is 1. The maximum atomic E-state index is 13.6. The molecule has 0 bridgehead atoms. The van der Waals surface area contributed by atoms with E-state index in [0.29, 0.717) is 25.2 Å². The summed E-state index contributed by atoms with van der Waals surface area (Å²) in [6, 6.07) is 8.16. The molecule has 0 aliphatic carbocycles. The lowest BCUT2D eigenvalue weighted by atomic mass is 10.1. The molecule has 0 amide bonds. The number of aromatic hydroxyl groups is 1. The summed E-state index contributed by atoms with van der Waals surface area (Å²) >= 11 is 0. The Kier molecular flexibility index (Phi) is 3.28. The van der Waals surface area contributed by atoms with Gasteiger partial charge in [0.1, 0.15) is 5.82 Å². The lowest BCUT2D eigenvalue weighted by Gasteiger charge is -2.30. The van der Waals surface area contributed by atoms with Crippen LogP contribution < -0.4 is 5.43 Å². The van der Waals surface area contributed by atoms with Crippen LogP contribution in [0, 0.1) is 5.82 Å². The molecule has 0 atom stereocenters. The molecule has 1 aromatic heterocycles. The molecule has 104 valence electrons. The zero-order chi connectivity index (χ0) is 14.1. The van der Waals surface area contributed by atoms with Gasteiger partial charge in [0.2, 0.25) is 5.43 Å². The molecule has 1 aliphatic heterocycles. The van der Waals surface area contributed by atoms with E-state index in [1.165, 1.54) is 18.3 Å². The van der Waals surface area contributed by atoms with E-state index in [2.05, 4.69) is 4.90 Å². The third-order valence-corrected chi connectivity index (χ3v) is 3.59. The maximum Gasteiger partial charge on any atom is 0.223 e. The van der Waals surface area contributed by atoms with Crippen LogP contribution in [0.2, 0.25) is 0 Å². The molecule has 1 aliphatic rings. The lowest BCUT2D eigenvalue weighted by Crippen LogP contribution is -2.34. The molecule has 20 heavy (non-hydrogen) atoms. The Bertz CT molecular complexity index is 697. The first-order chi connectivity index (χ1) is 9.63. The Morgan fingerprint density at radius 1 is 1.25 bits per heavy atom. The van der Waals surface area contributed by atoms with Gasteiger partial charge in [0.05, 0.1) is 6.20 Å². The third-order valence-electron chi connectivity index (χ3n) is 3.59. The van der Waals surface area contributed by atoms with Gasteiger partial charge in [-0.05, 0) is 6.07 Å². The number of hydrogen-bond donors (Lipinski definition) is 1. The minimum absolute atomic E-state index is 0.207. The van der Waals surface area contributed by atoms with Gasteiger partial charge in [-0.15, -0.1) is 0 Å². The van der Waals surface area contributed by atoms with Gasteiger partial charge in [-0.1, -0.05) is 18.2 Å². The summed E-state index contributed by atoms with van der Waals surface area (Å²) in [7, 11) is 0. The van der Waals surface area contributed by atoms with Crippen LogP contribution >= 0.6 is 0 Å². The highest BCUT2D eigenvalue weighted by atomic mass is 19.1. The molecule has 1 aromatic carbocycles. The van der Waals surface area contributed by atoms with Crippen molar-refractivity contribution in [2.45, 2.75) is 19.6 Å². The second-order valence-electron chi connectivity index (χ2n) is 5.01. The average molecular weight is 274 g/mol. The number of aromatic nitrogens is 1. The van der Waals surface area contributed by atoms with Crippen LogP contribution in [0.1, 0.15) is 11.3 Å². The maximum absolute atomic E-state index is 13.6. The largest absolute Gasteiger partial charge is 0.503 e. The van der Waals surface area contributed by atoms with Crippen LogP contribution in [0.4, 0.5) is 4.39 Å². The molecule has 1 N–H and O–H groups in total. The van der Waals surface area contributed by atoms with E-state index in [9.17, 15) is 14.3 Å². The highest BCUT2D eigenvalue weighted by molar-refractivity contribution is 5.22. The molecule has 2 aromatic rings. The number of rotatable bonds is 2. The zero-order valence-electron chi connectivity index (χ0n) is 10.9. The van der Waals surface area contributed by atoms with Crippen LogP contribution in [0.5, 0.6) is 5.75 Å². The molecule has 4 nitrogen and oxygen atoms in total. The number of halogens is 1. The van der Waals surface area contributed by atoms with Crippen molar-refractivity contribution in [1.29, 1.82) is 0 Å². The van der Waals surface area contributed by atoms with Gasteiger partial charge < -0.3 is 9.67 Å². The van der Waals surface area contributed by atoms with Crippen LogP contribution in [-0.2, 0) is 19.6 Å². The second-order valence-corrected chi connectivity index (χ2v) is 5.01. The molecule has 0 spiro atoms. The molecule has 5 heteroatoms. The minimum atomic E-state index is -0.371. The molecule has 2 heterocycles. The molecular weight excluding hydrogens is 259 g/mol. The number of nitrogens with zero attached hydrogens (tertiary/aromatic N) is 2. The summed E-state index contributed by atoms with van der Waals surface area (Å²) in [6.45, 7) is 2.52. The summed E-state index contributed by atoms with van der Waals surface area (Å²) in [6.07, 6.45) is 1.47. The van der Waals surface area contributed by atoms with E-state index in [0.717, 1.165) is 12.2 Å². The number of hydrogen-bond acceptors (Lipinski definition) is 3. The van der Waals surface area contributed by atoms with Crippen LogP contribution in [0.25, 0.3) is 0 Å². The van der Waals surface area contributed by atoms with Crippen molar-refractivity contribution < 1.29 is 9.50 Å². The standard InChI is InChI=1S/C15H15FN2O2/c16-13-4-2-1-3-11(13)8-17-5-6-18-10-15(20)14(19)7-12(18)9-17/h1-4,7,10,20H,5-6,8-9H2. The predicted molar refractivity (Wildman–Crippen MR) is 72.9 cm³/mol. The van der Waals surface area contributed by atoms with Crippen LogP contribution in [-0.4, -0.2) is 21.1 Å². The van der Waals surface area contributed by atoms with Crippen molar-refractivity contribution in [2.24, 2.45) is 0 Å². The first kappa shape index (κ1) is 12.9. The molecular formula is C15H15FN2O2. The first-order valence-corrected chi connectivity index (χ1v) is 6.51. The van der Waals surface area contributed by atoms with Gasteiger partial charge in [-0.25, -0.2) is 4.39 Å². The Labute approximate surface area is 115 Å². The molecule has 0 fully saturated rings. The van der Waals surface area contributed by atoms with Crippen molar-refractivity contribution in [1.82, 2.24) is 9.47 Å². The van der Waals surface area contributed by atoms with Gasteiger partial charge in [0.25, 0.3) is 0 Å². The Morgan fingerprint density at radius 3 is 2.85 bits per heavy atom. The Hall–Kier alpha value is -2.14. The van der Waals surface area contributed by atoms with E-state index in [-0.39, 0.29) is 17.0 Å². The topological polar surface area (TPSA) is 45.5 Å². The van der Waals surface area contributed by atoms with E-state index < -0.39 is 0 Å². The average Bonchev–Trinajstić information content (AvgIpc) is 2.43. The van der Waals surface area contributed by atoms with Crippen LogP contribution in [0.3, 0.4) is 0 Å². The monoisotopic (exact) mass is 274 g/mol. The fourth-order valence-electron chi connectivity index (χ4n) is 2.51. The molecule has 0 saturated heterocycles. The van der Waals surface area contributed by atoms with Gasteiger partial charge in [0, 0.05) is 43.5 Å². The van der Waals surface area contributed by atoms with E-state index in [1.54, 1.807) is 12.1 Å². The van der Waals surface area contributed by atoms with Crippen LogP contribution in [0.15, 0.2) is 41.3 Å². The summed E-state index contributed by atoms with van der Waals surface area (Å²) in [5, 5.41) is 9.42. The zero-order valence-corrected chi connectivity index (χ0v) is 10.9. The van der Waals surface area contributed by atoms with Gasteiger partial charge in [-0.2, -0.15) is 0 Å². The molecule has 0 saturated carbocycles. The highest BCUT2D eigenvalue weighted by Crippen LogP contribution is 2.17. The fourth-order valence-corrected chi connectivity index (χ4v) is 2.51. The van der Waals surface area contributed by atoms with E-state index in [4.69, 9.17) is 0 Å². The molecule has 0 radical (unpaired) electrons. The highest BCUT2D eigenvalue weighted by Gasteiger charge is 2.17. The summed E-state index contributed by atoms with van der Waals surface area (Å²) in [4.78, 5) is 13.6. The van der Waals surface area contributed by atoms with E-state index >= 15 is 0 Å². The second kappa shape index (κ2) is 5.09. The first-order valence-electron chi connectivity index (χ1n) is 6.51. The third kappa shape index (κ3) is 2.44. The van der Waals surface area contributed by atoms with Crippen molar-refractivity contribution >= 4 is 0 Å². The quantitative estimate of drug-likeness (QED) is 0.906. The van der Waals surface area contributed by atoms with Gasteiger partial charge in [-0.3, -0.25) is 9.69 Å². The smallest absolute Gasteiger partial charge is 0.223 e. The summed E-state index contributed by atoms with van der Waals surface area (Å²) in [5.74, 6) is -0.433. The van der Waals surface area contributed by atoms with Crippen molar-refractivity contribution in [3.8, 4) is 5.75 Å². The SMILES string of the molecule is O=c1cc2n(cc1O)CCN(Cc1ccccc1F)C2. The van der Waals surface area contributed by atoms with Crippen molar-refractivity contribution in [3.05, 3.63) is 63.8 Å². The summed E-state index contributed by atoms with van der Waals surface area (Å²) < 4.78 is 15.5. The normalized spacial score (nSPS) is 15.1. The summed E-state index contributed by atoms with van der Waals surface area (Å²) in [5.41, 5.74) is 1.13. The number of pyridine rings is 1. The van der Waals surface area contributed by atoms with Crippen molar-refractivity contribution in [2.75, 3.05) is 6.54 Å². The number of benzene rings is 1. The lowest BCUT2D eigenvalue weighted by molar-refractivity contribution is 0.207. The predicted octanol–water partition coefficient (Wildman–Crippen LogP) is 1.71. The van der Waals surface area contributed by atoms with Gasteiger partial charge >= 0.3 is 0 Å².